The van der Waals surface area contributed by atoms with Gasteiger partial charge in [0.05, 0.1) is 12.1 Å². The molecule has 0 saturated carbocycles. The van der Waals surface area contributed by atoms with E-state index in [0.717, 1.165) is 0 Å². The molecule has 1 fully saturated rings. The number of alkyl halides is 1. The minimum absolute atomic E-state index is 0.0331. The van der Waals surface area contributed by atoms with E-state index in [-0.39, 0.29) is 18.1 Å². The predicted octanol–water partition coefficient (Wildman–Crippen LogP) is 0.909. The van der Waals surface area contributed by atoms with Crippen molar-refractivity contribution in [2.75, 3.05) is 20.2 Å². The number of halogens is 1. The molecule has 1 aromatic rings. The van der Waals surface area contributed by atoms with Crippen LogP contribution in [0.2, 0.25) is 0 Å². The minimum atomic E-state index is -0.496. The lowest BCUT2D eigenvalue weighted by molar-refractivity contribution is -0.129. The summed E-state index contributed by atoms with van der Waals surface area (Å²) < 4.78 is 7.24. The lowest BCUT2D eigenvalue weighted by Crippen LogP contribution is -2.34. The molecule has 1 amide bonds. The summed E-state index contributed by atoms with van der Waals surface area (Å²) in [7, 11) is 1.65. The van der Waals surface area contributed by atoms with Crippen LogP contribution in [-0.4, -0.2) is 52.3 Å². The summed E-state index contributed by atoms with van der Waals surface area (Å²) in [6.45, 7) is 2.85. The summed E-state index contributed by atoms with van der Waals surface area (Å²) in [5, 5.41) is 3.70. The number of nitrogens with zero attached hydrogens (tertiary/aromatic N) is 3. The lowest BCUT2D eigenvalue weighted by atomic mass is 10.2. The lowest BCUT2D eigenvalue weighted by Gasteiger charge is -2.17. The van der Waals surface area contributed by atoms with Crippen molar-refractivity contribution in [3.63, 3.8) is 0 Å². The van der Waals surface area contributed by atoms with Gasteiger partial charge in [0, 0.05) is 32.6 Å². The van der Waals surface area contributed by atoms with Crippen LogP contribution in [0.5, 0.6) is 0 Å². The van der Waals surface area contributed by atoms with Crippen LogP contribution in [-0.2, 0) is 9.53 Å². The summed E-state index contributed by atoms with van der Waals surface area (Å²) >= 11 is 5.82. The van der Waals surface area contributed by atoms with Gasteiger partial charge in [-0.05, 0) is 13.0 Å². The van der Waals surface area contributed by atoms with E-state index in [1.807, 2.05) is 16.9 Å². The molecule has 0 N–H and O–H groups in total. The van der Waals surface area contributed by atoms with Crippen LogP contribution < -0.4 is 0 Å². The molecule has 0 aromatic carbocycles. The van der Waals surface area contributed by atoms with Crippen molar-refractivity contribution < 1.29 is 9.53 Å². The molecule has 2 rings (SSSR count). The third kappa shape index (κ3) is 2.45. The van der Waals surface area contributed by atoms with E-state index in [2.05, 4.69) is 5.10 Å². The number of aromatic nitrogens is 2. The Bertz CT molecular complexity index is 380. The average Bonchev–Trinajstić information content (AvgIpc) is 2.95. The van der Waals surface area contributed by atoms with E-state index in [1.54, 1.807) is 25.1 Å². The van der Waals surface area contributed by atoms with Crippen molar-refractivity contribution in [2.24, 2.45) is 0 Å². The van der Waals surface area contributed by atoms with E-state index in [9.17, 15) is 4.79 Å². The number of rotatable bonds is 3. The number of hydrogen-bond donors (Lipinski definition) is 0. The normalized spacial score (nSPS) is 26.2. The quantitative estimate of drug-likeness (QED) is 0.757. The predicted molar refractivity (Wildman–Crippen MR) is 64.0 cm³/mol. The first kappa shape index (κ1) is 12.4. The molecule has 1 saturated heterocycles. The number of carbonyl (C=O) groups excluding carboxylic acids is 1. The summed E-state index contributed by atoms with van der Waals surface area (Å²) in [4.78, 5) is 13.6. The fraction of sp³-hybridized carbons (Fsp3) is 0.636. The maximum atomic E-state index is 11.8. The van der Waals surface area contributed by atoms with Gasteiger partial charge in [0.1, 0.15) is 5.38 Å². The number of amides is 1. The van der Waals surface area contributed by atoms with Gasteiger partial charge in [0.2, 0.25) is 5.91 Å². The second-order valence-electron chi connectivity index (χ2n) is 4.19. The van der Waals surface area contributed by atoms with Crippen molar-refractivity contribution in [3.8, 4) is 0 Å². The Labute approximate surface area is 105 Å². The second kappa shape index (κ2) is 5.06. The van der Waals surface area contributed by atoms with Crippen LogP contribution in [0.25, 0.3) is 0 Å². The molecule has 1 aliphatic rings. The van der Waals surface area contributed by atoms with E-state index in [0.29, 0.717) is 13.1 Å². The fourth-order valence-electron chi connectivity index (χ4n) is 2.15. The molecule has 2 heterocycles. The molecular weight excluding hydrogens is 242 g/mol. The number of hydrogen-bond acceptors (Lipinski definition) is 3. The molecule has 6 heteroatoms. The molecule has 1 aromatic heterocycles. The third-order valence-corrected chi connectivity index (χ3v) is 3.24. The van der Waals surface area contributed by atoms with Crippen LogP contribution in [0.15, 0.2) is 18.5 Å². The number of ether oxygens (including phenoxy) is 1. The van der Waals surface area contributed by atoms with Gasteiger partial charge in [0.25, 0.3) is 0 Å². The van der Waals surface area contributed by atoms with Gasteiger partial charge in [-0.15, -0.1) is 11.6 Å². The van der Waals surface area contributed by atoms with Crippen molar-refractivity contribution in [1.82, 2.24) is 14.7 Å². The first-order chi connectivity index (χ1) is 8.13. The Morgan fingerprint density at radius 2 is 2.35 bits per heavy atom. The molecule has 0 spiro atoms. The zero-order valence-corrected chi connectivity index (χ0v) is 10.7. The van der Waals surface area contributed by atoms with Gasteiger partial charge in [-0.2, -0.15) is 5.10 Å². The topological polar surface area (TPSA) is 47.4 Å². The van der Waals surface area contributed by atoms with E-state index >= 15 is 0 Å². The van der Waals surface area contributed by atoms with Crippen LogP contribution in [0.4, 0.5) is 0 Å². The SMILES string of the molecule is CO[C@@H]1CN(C(=O)[C@@H](C)Cl)C[C@@H]1n1cccn1. The van der Waals surface area contributed by atoms with Crippen molar-refractivity contribution in [1.29, 1.82) is 0 Å². The van der Waals surface area contributed by atoms with Gasteiger partial charge in [-0.25, -0.2) is 0 Å². The van der Waals surface area contributed by atoms with Gasteiger partial charge < -0.3 is 9.64 Å². The zero-order chi connectivity index (χ0) is 12.4. The van der Waals surface area contributed by atoms with Gasteiger partial charge >= 0.3 is 0 Å². The Hall–Kier alpha value is -1.07. The largest absolute Gasteiger partial charge is 0.377 e. The first-order valence-electron chi connectivity index (χ1n) is 5.58. The maximum absolute atomic E-state index is 11.8. The summed E-state index contributed by atoms with van der Waals surface area (Å²) in [6, 6.07) is 1.93. The van der Waals surface area contributed by atoms with E-state index in [4.69, 9.17) is 16.3 Å². The monoisotopic (exact) mass is 257 g/mol. The molecular formula is C11H16ClN3O2. The standard InChI is InChI=1S/C11H16ClN3O2/c1-8(12)11(16)14-6-9(10(7-14)17-2)15-5-3-4-13-15/h3-5,8-10H,6-7H2,1-2H3/t8-,9+,10-/m1/s1. The molecule has 17 heavy (non-hydrogen) atoms. The highest BCUT2D eigenvalue weighted by molar-refractivity contribution is 6.30. The molecule has 0 unspecified atom stereocenters. The van der Waals surface area contributed by atoms with Gasteiger partial charge in [-0.3, -0.25) is 9.48 Å². The minimum Gasteiger partial charge on any atom is -0.377 e. The number of carbonyl (C=O) groups is 1. The second-order valence-corrected chi connectivity index (χ2v) is 4.84. The van der Waals surface area contributed by atoms with Crippen molar-refractivity contribution in [3.05, 3.63) is 18.5 Å². The average molecular weight is 258 g/mol. The van der Waals surface area contributed by atoms with Crippen molar-refractivity contribution in [2.45, 2.75) is 24.4 Å². The maximum Gasteiger partial charge on any atom is 0.240 e. The van der Waals surface area contributed by atoms with Crippen LogP contribution >= 0.6 is 11.6 Å². The van der Waals surface area contributed by atoms with Crippen molar-refractivity contribution >= 4 is 17.5 Å². The molecule has 0 aliphatic carbocycles. The Morgan fingerprint density at radius 1 is 1.59 bits per heavy atom. The van der Waals surface area contributed by atoms with Crippen LogP contribution in [0, 0.1) is 0 Å². The first-order valence-corrected chi connectivity index (χ1v) is 6.02. The zero-order valence-electron chi connectivity index (χ0n) is 9.91. The number of likely N-dealkylation sites (tertiary alicyclic amines) is 1. The molecule has 0 bridgehead atoms. The Morgan fingerprint density at radius 3 is 2.88 bits per heavy atom. The van der Waals surface area contributed by atoms with Crippen LogP contribution in [0.1, 0.15) is 13.0 Å². The third-order valence-electron chi connectivity index (χ3n) is 3.06. The number of methoxy groups -OCH3 is 1. The highest BCUT2D eigenvalue weighted by Gasteiger charge is 2.37. The molecule has 0 radical (unpaired) electrons. The van der Waals surface area contributed by atoms with Gasteiger partial charge in [-0.1, -0.05) is 0 Å². The molecule has 5 nitrogen and oxygen atoms in total. The highest BCUT2D eigenvalue weighted by atomic mass is 35.5. The molecule has 1 aliphatic heterocycles. The Kier molecular flexibility index (Phi) is 3.69. The molecule has 94 valence electrons. The summed E-state index contributed by atoms with van der Waals surface area (Å²) in [5.74, 6) is -0.0524. The Balaban J connectivity index is 2.11. The summed E-state index contributed by atoms with van der Waals surface area (Å²) in [6.07, 6.45) is 3.57. The van der Waals surface area contributed by atoms with E-state index < -0.39 is 5.38 Å². The summed E-state index contributed by atoms with van der Waals surface area (Å²) in [5.41, 5.74) is 0. The highest BCUT2D eigenvalue weighted by Crippen LogP contribution is 2.24. The van der Waals surface area contributed by atoms with E-state index in [1.165, 1.54) is 0 Å². The smallest absolute Gasteiger partial charge is 0.240 e. The van der Waals surface area contributed by atoms with Gasteiger partial charge in [0.15, 0.2) is 0 Å². The fourth-order valence-corrected chi connectivity index (χ4v) is 2.29. The van der Waals surface area contributed by atoms with Crippen LogP contribution in [0.3, 0.4) is 0 Å². The molecule has 3 atom stereocenters.